The molecule has 0 spiro atoms. The summed E-state index contributed by atoms with van der Waals surface area (Å²) in [6, 6.07) is 0. The normalized spacial score (nSPS) is 11.3. The van der Waals surface area contributed by atoms with E-state index in [2.05, 4.69) is 13.8 Å². The van der Waals surface area contributed by atoms with Gasteiger partial charge in [-0.05, 0) is 0 Å². The molecule has 0 N–H and O–H groups in total. The maximum absolute atomic E-state index is 2.31. The van der Waals surface area contributed by atoms with Crippen molar-refractivity contribution in [3.63, 3.8) is 0 Å². The Labute approximate surface area is 184 Å². The van der Waals surface area contributed by atoms with Gasteiger partial charge < -0.3 is 0 Å². The van der Waals surface area contributed by atoms with Crippen molar-refractivity contribution < 1.29 is 0 Å². The van der Waals surface area contributed by atoms with Gasteiger partial charge in [-0.15, -0.1) is 0 Å². The second-order valence-electron chi connectivity index (χ2n) is 8.01. The van der Waals surface area contributed by atoms with Gasteiger partial charge in [0.1, 0.15) is 0 Å². The Bertz CT molecular complexity index is 206. The number of hydrogen-bond donors (Lipinski definition) is 0. The maximum atomic E-state index is 2.31. The summed E-state index contributed by atoms with van der Waals surface area (Å²) in [7, 11) is 0. The van der Waals surface area contributed by atoms with Gasteiger partial charge in [0, 0.05) is 0 Å². The van der Waals surface area contributed by atoms with Crippen molar-refractivity contribution in [3.05, 3.63) is 0 Å². The monoisotopic (exact) mass is 598 g/mol. The van der Waals surface area contributed by atoms with E-state index in [9.17, 15) is 0 Å². The fourth-order valence-electron chi connectivity index (χ4n) is 3.41. The van der Waals surface area contributed by atoms with Crippen LogP contribution in [0.2, 0.25) is 8.94 Å². The molecule has 0 saturated carbocycles. The van der Waals surface area contributed by atoms with E-state index in [4.69, 9.17) is 0 Å². The van der Waals surface area contributed by atoms with Crippen molar-refractivity contribution >= 4 is 34.1 Å². The molecule has 0 saturated heterocycles. The molecule has 0 aliphatic carbocycles. The number of rotatable bonds is 23. The fraction of sp³-hybridized carbons (Fsp3) is 1.00. The van der Waals surface area contributed by atoms with E-state index >= 15 is 0 Å². The van der Waals surface area contributed by atoms with Gasteiger partial charge in [-0.3, -0.25) is 0 Å². The molecule has 0 heterocycles. The van der Waals surface area contributed by atoms with Crippen LogP contribution in [0.4, 0.5) is 0 Å². The molecule has 0 nitrogen and oxygen atoms in total. The number of hydrogen-bond acceptors (Lipinski definition) is 0. The second-order valence-corrected chi connectivity index (χ2v) is 20.7. The van der Waals surface area contributed by atoms with Gasteiger partial charge in [0.15, 0.2) is 0 Å². The Balaban J connectivity index is 2.95. The molecule has 0 aromatic rings. The molecule has 0 aliphatic heterocycles. The van der Waals surface area contributed by atoms with Gasteiger partial charge in [-0.2, -0.15) is 0 Å². The Morgan fingerprint density at radius 3 is 0.808 bits per heavy atom. The topological polar surface area (TPSA) is 0 Å². The van der Waals surface area contributed by atoms with Crippen LogP contribution >= 0.6 is 0 Å². The van der Waals surface area contributed by atoms with Gasteiger partial charge in [0.2, 0.25) is 0 Å². The van der Waals surface area contributed by atoms with Gasteiger partial charge in [-0.1, -0.05) is 0 Å². The Hall–Kier alpha value is 1.58. The summed E-state index contributed by atoms with van der Waals surface area (Å²) in [6.07, 6.45) is 30.0. The average molecular weight is 594 g/mol. The van der Waals surface area contributed by atoms with E-state index in [1.165, 1.54) is 103 Å². The Kier molecular flexibility index (Phi) is 28.2. The molecule has 0 aromatic carbocycles. The molecule has 158 valence electrons. The van der Waals surface area contributed by atoms with Crippen molar-refractivity contribution in [1.82, 2.24) is 0 Å². The third kappa shape index (κ3) is 25.6. The average Bonchev–Trinajstić information content (AvgIpc) is 2.66. The third-order valence-electron chi connectivity index (χ3n) is 5.25. The molecule has 0 bridgehead atoms. The number of unbranched alkanes of at least 4 members (excludes halogenated alkanes) is 18. The zero-order valence-corrected chi connectivity index (χ0v) is 23.0. The molecule has 0 radical (unpaired) electrons. The van der Waals surface area contributed by atoms with E-state index in [1.54, 1.807) is 34.6 Å². The summed E-state index contributed by atoms with van der Waals surface area (Å²) in [5, 5.41) is 0. The standard InChI is InChI=1S/C24H50Te2/c1-3-5-7-9-11-13-15-17-19-21-23-25-26-24-22-20-18-16-14-12-10-8-6-4-2/h3-24H2,1-2H3. The first-order chi connectivity index (χ1) is 12.9. The van der Waals surface area contributed by atoms with Gasteiger partial charge in [0.25, 0.3) is 0 Å². The molecule has 0 unspecified atom stereocenters. The molecule has 0 aromatic heterocycles. The van der Waals surface area contributed by atoms with Crippen molar-refractivity contribution in [2.75, 3.05) is 0 Å². The fourth-order valence-corrected chi connectivity index (χ4v) is 15.0. The van der Waals surface area contributed by atoms with Crippen molar-refractivity contribution in [2.45, 2.75) is 151 Å². The van der Waals surface area contributed by atoms with Crippen molar-refractivity contribution in [3.8, 4) is 0 Å². The minimum atomic E-state index is 0.508. The molecule has 0 aliphatic rings. The summed E-state index contributed by atoms with van der Waals surface area (Å²) < 4.78 is 3.36. The predicted molar refractivity (Wildman–Crippen MR) is 125 cm³/mol. The van der Waals surface area contributed by atoms with E-state index in [-0.39, 0.29) is 0 Å². The summed E-state index contributed by atoms with van der Waals surface area (Å²) >= 11 is 1.02. The van der Waals surface area contributed by atoms with Crippen LogP contribution in [-0.4, -0.2) is 34.1 Å². The Morgan fingerprint density at radius 1 is 0.308 bits per heavy atom. The van der Waals surface area contributed by atoms with Crippen LogP contribution in [0.25, 0.3) is 0 Å². The molecular weight excluding hydrogens is 543 g/mol. The van der Waals surface area contributed by atoms with Crippen LogP contribution in [0.3, 0.4) is 0 Å². The molecule has 0 fully saturated rings. The van der Waals surface area contributed by atoms with E-state index in [1.807, 2.05) is 0 Å². The van der Waals surface area contributed by atoms with Crippen LogP contribution in [0.5, 0.6) is 0 Å². The first-order valence-corrected chi connectivity index (χ1v) is 22.8. The quantitative estimate of drug-likeness (QED) is 0.0819. The summed E-state index contributed by atoms with van der Waals surface area (Å²) in [5.41, 5.74) is 0. The van der Waals surface area contributed by atoms with Crippen molar-refractivity contribution in [2.24, 2.45) is 0 Å². The molecular formula is C24H50Te2. The summed E-state index contributed by atoms with van der Waals surface area (Å²) in [6.45, 7) is 4.62. The zero-order valence-electron chi connectivity index (χ0n) is 18.4. The van der Waals surface area contributed by atoms with Crippen LogP contribution in [0.1, 0.15) is 142 Å². The van der Waals surface area contributed by atoms with Crippen LogP contribution in [0, 0.1) is 0 Å². The van der Waals surface area contributed by atoms with Crippen LogP contribution in [-0.2, 0) is 0 Å². The summed E-state index contributed by atoms with van der Waals surface area (Å²) in [5.74, 6) is 0. The van der Waals surface area contributed by atoms with Crippen LogP contribution in [0.15, 0.2) is 0 Å². The van der Waals surface area contributed by atoms with Gasteiger partial charge in [-0.25, -0.2) is 0 Å². The van der Waals surface area contributed by atoms with E-state index in [0.717, 1.165) is 0 Å². The zero-order chi connectivity index (χ0) is 19.0. The first kappa shape index (κ1) is 27.6. The van der Waals surface area contributed by atoms with Crippen molar-refractivity contribution in [1.29, 1.82) is 0 Å². The predicted octanol–water partition coefficient (Wildman–Crippen LogP) is 8.99. The second kappa shape index (κ2) is 26.6. The first-order valence-electron chi connectivity index (χ1n) is 12.2. The molecule has 26 heavy (non-hydrogen) atoms. The molecule has 0 rings (SSSR count). The van der Waals surface area contributed by atoms with Gasteiger partial charge in [0.05, 0.1) is 0 Å². The van der Waals surface area contributed by atoms with E-state index in [0.29, 0.717) is 34.1 Å². The van der Waals surface area contributed by atoms with Crippen LogP contribution < -0.4 is 0 Å². The summed E-state index contributed by atoms with van der Waals surface area (Å²) in [4.78, 5) is 0. The third-order valence-corrected chi connectivity index (χ3v) is 17.9. The SMILES string of the molecule is CCCCCCCCCCCC[Te][Te]CCCCCCCCCCCC. The van der Waals surface area contributed by atoms with Gasteiger partial charge >= 0.3 is 185 Å². The van der Waals surface area contributed by atoms with E-state index < -0.39 is 0 Å². The Morgan fingerprint density at radius 2 is 0.538 bits per heavy atom. The minimum absolute atomic E-state index is 0.508. The molecule has 2 heteroatoms. The molecule has 0 atom stereocenters. The molecule has 0 amide bonds.